The summed E-state index contributed by atoms with van der Waals surface area (Å²) >= 11 is 3.35. The Morgan fingerprint density at radius 2 is 2.18 bits per heavy atom. The minimum atomic E-state index is -0.165. The van der Waals surface area contributed by atoms with Crippen molar-refractivity contribution in [1.82, 2.24) is 10.2 Å². The number of rotatable bonds is 5. The number of hydrogen-bond donors (Lipinski definition) is 2. The van der Waals surface area contributed by atoms with Gasteiger partial charge in [0.05, 0.1) is 0 Å². The molecule has 0 fully saturated rings. The molecular formula is C12H18BrN3O. The zero-order valence-electron chi connectivity index (χ0n) is 10.2. The van der Waals surface area contributed by atoms with E-state index < -0.39 is 0 Å². The number of benzene rings is 1. The van der Waals surface area contributed by atoms with Crippen molar-refractivity contribution in [3.63, 3.8) is 0 Å². The van der Waals surface area contributed by atoms with Crippen LogP contribution in [0, 0.1) is 0 Å². The van der Waals surface area contributed by atoms with E-state index in [9.17, 15) is 4.79 Å². The molecule has 0 aliphatic heterocycles. The molecule has 0 radical (unpaired) electrons. The van der Waals surface area contributed by atoms with E-state index in [2.05, 4.69) is 31.5 Å². The van der Waals surface area contributed by atoms with Crippen LogP contribution in [0.5, 0.6) is 0 Å². The van der Waals surface area contributed by atoms with Crippen molar-refractivity contribution in [2.75, 3.05) is 32.5 Å². The molecule has 5 heteroatoms. The van der Waals surface area contributed by atoms with Gasteiger partial charge in [-0.05, 0) is 45.3 Å². The van der Waals surface area contributed by atoms with Crippen molar-refractivity contribution in [2.45, 2.75) is 6.42 Å². The summed E-state index contributed by atoms with van der Waals surface area (Å²) in [6, 6.07) is 7.34. The number of nitrogens with zero attached hydrogens (tertiary/aromatic N) is 1. The molecule has 0 aliphatic carbocycles. The molecule has 2 N–H and O–H groups in total. The Morgan fingerprint density at radius 3 is 2.82 bits per heavy atom. The number of carbonyl (C=O) groups is 1. The van der Waals surface area contributed by atoms with Gasteiger partial charge in [-0.25, -0.2) is 4.79 Å². The summed E-state index contributed by atoms with van der Waals surface area (Å²) in [6.07, 6.45) is 0.943. The molecule has 1 rings (SSSR count). The number of nitrogens with one attached hydrogen (secondary N) is 2. The van der Waals surface area contributed by atoms with Gasteiger partial charge in [-0.3, -0.25) is 0 Å². The topological polar surface area (TPSA) is 44.4 Å². The number of anilines is 1. The molecule has 0 heterocycles. The lowest BCUT2D eigenvalue weighted by atomic mass is 10.3. The molecule has 0 spiro atoms. The minimum absolute atomic E-state index is 0.165. The third-order valence-electron chi connectivity index (χ3n) is 2.15. The molecule has 0 saturated heterocycles. The molecule has 0 unspecified atom stereocenters. The third-order valence-corrected chi connectivity index (χ3v) is 2.64. The molecule has 2 amide bonds. The molecule has 4 nitrogen and oxygen atoms in total. The first kappa shape index (κ1) is 14.0. The lowest BCUT2D eigenvalue weighted by Crippen LogP contribution is -2.31. The van der Waals surface area contributed by atoms with E-state index in [1.807, 2.05) is 38.4 Å². The van der Waals surface area contributed by atoms with Crippen LogP contribution < -0.4 is 10.6 Å². The Balaban J connectivity index is 2.25. The van der Waals surface area contributed by atoms with Gasteiger partial charge in [-0.15, -0.1) is 0 Å². The highest BCUT2D eigenvalue weighted by Crippen LogP contribution is 2.15. The standard InChI is InChI=1S/C12H18BrN3O/c1-16(2)8-4-7-14-12(17)15-11-6-3-5-10(13)9-11/h3,5-6,9H,4,7-8H2,1-2H3,(H2,14,15,17). The second-order valence-corrected chi connectivity index (χ2v) is 4.96. The SMILES string of the molecule is CN(C)CCCNC(=O)Nc1cccc(Br)c1. The molecule has 0 bridgehead atoms. The minimum Gasteiger partial charge on any atom is -0.338 e. The van der Waals surface area contributed by atoms with Gasteiger partial charge >= 0.3 is 6.03 Å². The first-order valence-electron chi connectivity index (χ1n) is 5.53. The zero-order valence-corrected chi connectivity index (χ0v) is 11.8. The quantitative estimate of drug-likeness (QED) is 0.821. The average molecular weight is 300 g/mol. The molecule has 17 heavy (non-hydrogen) atoms. The van der Waals surface area contributed by atoms with Crippen LogP contribution in [0.25, 0.3) is 0 Å². The fourth-order valence-corrected chi connectivity index (χ4v) is 1.74. The van der Waals surface area contributed by atoms with Crippen molar-refractivity contribution >= 4 is 27.6 Å². The van der Waals surface area contributed by atoms with Crippen molar-refractivity contribution in [3.8, 4) is 0 Å². The lowest BCUT2D eigenvalue weighted by molar-refractivity contribution is 0.251. The van der Waals surface area contributed by atoms with Gasteiger partial charge in [-0.2, -0.15) is 0 Å². The fourth-order valence-electron chi connectivity index (χ4n) is 1.34. The lowest BCUT2D eigenvalue weighted by Gasteiger charge is -2.10. The maximum absolute atomic E-state index is 11.5. The number of halogens is 1. The van der Waals surface area contributed by atoms with Crippen LogP contribution in [-0.2, 0) is 0 Å². The van der Waals surface area contributed by atoms with Gasteiger partial charge in [0.1, 0.15) is 0 Å². The smallest absolute Gasteiger partial charge is 0.319 e. The van der Waals surface area contributed by atoms with Crippen LogP contribution in [0.3, 0.4) is 0 Å². The summed E-state index contributed by atoms with van der Waals surface area (Å²) < 4.78 is 0.947. The van der Waals surface area contributed by atoms with Crippen LogP contribution in [0.1, 0.15) is 6.42 Å². The fraction of sp³-hybridized carbons (Fsp3) is 0.417. The largest absolute Gasteiger partial charge is 0.338 e. The van der Waals surface area contributed by atoms with E-state index in [-0.39, 0.29) is 6.03 Å². The predicted molar refractivity (Wildman–Crippen MR) is 74.3 cm³/mol. The Labute approximate surface area is 111 Å². The van der Waals surface area contributed by atoms with Crippen LogP contribution in [0.2, 0.25) is 0 Å². The van der Waals surface area contributed by atoms with Gasteiger partial charge in [0.15, 0.2) is 0 Å². The Morgan fingerprint density at radius 1 is 1.41 bits per heavy atom. The summed E-state index contributed by atoms with van der Waals surface area (Å²) in [7, 11) is 4.03. The van der Waals surface area contributed by atoms with Crippen LogP contribution in [0.4, 0.5) is 10.5 Å². The summed E-state index contributed by atoms with van der Waals surface area (Å²) in [6.45, 7) is 1.65. The van der Waals surface area contributed by atoms with E-state index in [1.165, 1.54) is 0 Å². The number of amides is 2. The summed E-state index contributed by atoms with van der Waals surface area (Å²) in [5, 5.41) is 5.59. The Kier molecular flexibility index (Phi) is 6.00. The molecule has 0 aromatic heterocycles. The van der Waals surface area contributed by atoms with Crippen LogP contribution in [-0.4, -0.2) is 38.1 Å². The van der Waals surface area contributed by atoms with Crippen LogP contribution >= 0.6 is 15.9 Å². The monoisotopic (exact) mass is 299 g/mol. The molecule has 0 saturated carbocycles. The van der Waals surface area contributed by atoms with Gasteiger partial charge in [0.25, 0.3) is 0 Å². The molecule has 0 aliphatic rings. The van der Waals surface area contributed by atoms with Crippen molar-refractivity contribution in [2.24, 2.45) is 0 Å². The molecule has 94 valence electrons. The van der Waals surface area contributed by atoms with Crippen LogP contribution in [0.15, 0.2) is 28.7 Å². The second kappa shape index (κ2) is 7.29. The highest BCUT2D eigenvalue weighted by Gasteiger charge is 2.01. The van der Waals surface area contributed by atoms with E-state index >= 15 is 0 Å². The summed E-state index contributed by atoms with van der Waals surface area (Å²) in [5.41, 5.74) is 0.782. The van der Waals surface area contributed by atoms with Crippen molar-refractivity contribution in [1.29, 1.82) is 0 Å². The predicted octanol–water partition coefficient (Wildman–Crippen LogP) is 2.52. The van der Waals surface area contributed by atoms with Crippen molar-refractivity contribution < 1.29 is 4.79 Å². The maximum Gasteiger partial charge on any atom is 0.319 e. The van der Waals surface area contributed by atoms with Gasteiger partial charge in [0.2, 0.25) is 0 Å². The van der Waals surface area contributed by atoms with E-state index in [0.717, 1.165) is 23.1 Å². The molecule has 1 aromatic rings. The Bertz CT molecular complexity index is 369. The Hall–Kier alpha value is -1.07. The second-order valence-electron chi connectivity index (χ2n) is 4.05. The number of urea groups is 1. The van der Waals surface area contributed by atoms with E-state index in [4.69, 9.17) is 0 Å². The number of carbonyl (C=O) groups excluding carboxylic acids is 1. The molecule has 0 atom stereocenters. The third kappa shape index (κ3) is 6.28. The van der Waals surface area contributed by atoms with E-state index in [0.29, 0.717) is 6.54 Å². The molecular weight excluding hydrogens is 282 g/mol. The van der Waals surface area contributed by atoms with Gasteiger partial charge in [0, 0.05) is 16.7 Å². The first-order chi connectivity index (χ1) is 8.08. The average Bonchev–Trinajstić information content (AvgIpc) is 2.24. The van der Waals surface area contributed by atoms with Gasteiger partial charge < -0.3 is 15.5 Å². The zero-order chi connectivity index (χ0) is 12.7. The maximum atomic E-state index is 11.5. The van der Waals surface area contributed by atoms with Gasteiger partial charge in [-0.1, -0.05) is 22.0 Å². The summed E-state index contributed by atoms with van der Waals surface area (Å²) in [5.74, 6) is 0. The highest BCUT2D eigenvalue weighted by atomic mass is 79.9. The van der Waals surface area contributed by atoms with E-state index in [1.54, 1.807) is 0 Å². The highest BCUT2D eigenvalue weighted by molar-refractivity contribution is 9.10. The van der Waals surface area contributed by atoms with Crippen molar-refractivity contribution in [3.05, 3.63) is 28.7 Å². The first-order valence-corrected chi connectivity index (χ1v) is 6.32. The normalized spacial score (nSPS) is 10.4. The number of hydrogen-bond acceptors (Lipinski definition) is 2. The summed E-state index contributed by atoms with van der Waals surface area (Å²) in [4.78, 5) is 13.6. The molecule has 1 aromatic carbocycles.